The summed E-state index contributed by atoms with van der Waals surface area (Å²) in [4.78, 5) is 57.1. The highest BCUT2D eigenvalue weighted by molar-refractivity contribution is 5.94. The molecule has 1 aliphatic rings. The summed E-state index contributed by atoms with van der Waals surface area (Å²) >= 11 is 0. The van der Waals surface area contributed by atoms with Gasteiger partial charge in [-0.25, -0.2) is 9.61 Å². The monoisotopic (exact) mass is 537 g/mol. The molecule has 13 heteroatoms. The first kappa shape index (κ1) is 27.6. The van der Waals surface area contributed by atoms with Gasteiger partial charge in [0.15, 0.2) is 11.6 Å². The number of carboxylic acids is 1. The molecule has 0 aliphatic carbocycles. The second-order valence-corrected chi connectivity index (χ2v) is 9.42. The molecule has 2 aromatic heterocycles. The third kappa shape index (κ3) is 6.74. The number of benzene rings is 1. The van der Waals surface area contributed by atoms with Crippen LogP contribution < -0.4 is 16.2 Å². The molecule has 39 heavy (non-hydrogen) atoms. The van der Waals surface area contributed by atoms with E-state index in [0.717, 1.165) is 12.0 Å². The lowest BCUT2D eigenvalue weighted by Gasteiger charge is -2.29. The van der Waals surface area contributed by atoms with Crippen LogP contribution in [-0.4, -0.2) is 66.7 Å². The SMILES string of the molecule is CCC(C(=O)NC(CC(=O)O)C(=O)CN1CCc2ccccc2C1)n1ccnc(NCc2nonc2C)c1=O. The van der Waals surface area contributed by atoms with E-state index < -0.39 is 41.7 Å². The second-order valence-electron chi connectivity index (χ2n) is 9.42. The highest BCUT2D eigenvalue weighted by Gasteiger charge is 2.30. The van der Waals surface area contributed by atoms with Crippen LogP contribution in [0.2, 0.25) is 0 Å². The zero-order valence-electron chi connectivity index (χ0n) is 21.8. The van der Waals surface area contributed by atoms with Crippen molar-refractivity contribution in [2.75, 3.05) is 18.4 Å². The van der Waals surface area contributed by atoms with E-state index in [1.807, 2.05) is 23.1 Å². The molecule has 2 atom stereocenters. The fraction of sp³-hybridized carbons (Fsp3) is 0.423. The molecule has 0 saturated carbocycles. The number of amides is 1. The molecule has 3 aromatic rings. The van der Waals surface area contributed by atoms with Gasteiger partial charge in [0, 0.05) is 25.5 Å². The molecule has 1 aliphatic heterocycles. The fourth-order valence-electron chi connectivity index (χ4n) is 4.58. The Bertz CT molecular complexity index is 1400. The van der Waals surface area contributed by atoms with Gasteiger partial charge in [-0.15, -0.1) is 0 Å². The Morgan fingerprint density at radius 2 is 1.95 bits per heavy atom. The van der Waals surface area contributed by atoms with E-state index in [1.165, 1.54) is 22.5 Å². The maximum atomic E-state index is 13.3. The van der Waals surface area contributed by atoms with E-state index in [4.69, 9.17) is 0 Å². The normalized spacial score (nSPS) is 14.7. The number of hydrogen-bond donors (Lipinski definition) is 3. The zero-order chi connectivity index (χ0) is 27.9. The fourth-order valence-corrected chi connectivity index (χ4v) is 4.58. The van der Waals surface area contributed by atoms with E-state index in [9.17, 15) is 24.3 Å². The molecular formula is C26H31N7O6. The number of rotatable bonds is 12. The van der Waals surface area contributed by atoms with Gasteiger partial charge >= 0.3 is 5.97 Å². The summed E-state index contributed by atoms with van der Waals surface area (Å²) in [7, 11) is 0. The molecule has 0 fully saturated rings. The van der Waals surface area contributed by atoms with E-state index in [2.05, 4.69) is 36.6 Å². The Kier molecular flexibility index (Phi) is 8.81. The number of carbonyl (C=O) groups is 3. The molecule has 4 rings (SSSR count). The van der Waals surface area contributed by atoms with Crippen LogP contribution in [0.3, 0.4) is 0 Å². The number of nitrogens with one attached hydrogen (secondary N) is 2. The van der Waals surface area contributed by atoms with Gasteiger partial charge in [0.2, 0.25) is 5.91 Å². The number of Topliss-reactive ketones (excluding diaryl/α,β-unsaturated/α-hetero) is 1. The van der Waals surface area contributed by atoms with Gasteiger partial charge in [0.25, 0.3) is 5.56 Å². The van der Waals surface area contributed by atoms with Gasteiger partial charge in [0.05, 0.1) is 25.6 Å². The molecule has 3 heterocycles. The van der Waals surface area contributed by atoms with E-state index >= 15 is 0 Å². The van der Waals surface area contributed by atoms with Crippen LogP contribution in [0.15, 0.2) is 46.1 Å². The standard InChI is InChI=1S/C26H31N7O6/c1-3-21(33-11-9-27-24(26(33)38)28-13-20-16(2)30-39-31-20)25(37)29-19(12-23(35)36)22(34)15-32-10-8-17-6-4-5-7-18(17)14-32/h4-7,9,11,19,21H,3,8,10,12-15H2,1-2H3,(H,27,28)(H,29,37)(H,35,36). The average Bonchev–Trinajstić information content (AvgIpc) is 3.33. The summed E-state index contributed by atoms with van der Waals surface area (Å²) in [6.45, 7) is 4.79. The molecule has 1 aromatic carbocycles. The number of carbonyl (C=O) groups excluding carboxylic acids is 2. The molecule has 0 bridgehead atoms. The van der Waals surface area contributed by atoms with Crippen molar-refractivity contribution in [3.05, 3.63) is 69.5 Å². The lowest BCUT2D eigenvalue weighted by Crippen LogP contribution is -2.49. The lowest BCUT2D eigenvalue weighted by atomic mass is 9.99. The van der Waals surface area contributed by atoms with Crippen molar-refractivity contribution in [1.29, 1.82) is 0 Å². The number of aromatic nitrogens is 4. The highest BCUT2D eigenvalue weighted by Crippen LogP contribution is 2.19. The van der Waals surface area contributed by atoms with Crippen molar-refractivity contribution >= 4 is 23.5 Å². The van der Waals surface area contributed by atoms with Gasteiger partial charge in [-0.05, 0) is 30.9 Å². The molecule has 3 N–H and O–H groups in total. The predicted molar refractivity (Wildman–Crippen MR) is 139 cm³/mol. The minimum atomic E-state index is -1.24. The van der Waals surface area contributed by atoms with Crippen molar-refractivity contribution in [1.82, 2.24) is 30.1 Å². The van der Waals surface area contributed by atoms with Gasteiger partial charge in [-0.3, -0.25) is 28.6 Å². The van der Waals surface area contributed by atoms with Crippen LogP contribution in [0.25, 0.3) is 0 Å². The van der Waals surface area contributed by atoms with Gasteiger partial charge in [-0.2, -0.15) is 0 Å². The molecule has 13 nitrogen and oxygen atoms in total. The number of fused-ring (bicyclic) bond motifs is 1. The zero-order valence-corrected chi connectivity index (χ0v) is 21.8. The molecule has 0 saturated heterocycles. The number of carboxylic acid groups (broad SMARTS) is 1. The van der Waals surface area contributed by atoms with Crippen LogP contribution in [0.1, 0.15) is 48.3 Å². The van der Waals surface area contributed by atoms with Crippen molar-refractivity contribution in [3.63, 3.8) is 0 Å². The molecule has 2 unspecified atom stereocenters. The van der Waals surface area contributed by atoms with Gasteiger partial charge in [-0.1, -0.05) is 41.5 Å². The lowest BCUT2D eigenvalue weighted by molar-refractivity contribution is -0.140. The second kappa shape index (κ2) is 12.4. The topological polar surface area (TPSA) is 173 Å². The first-order valence-electron chi connectivity index (χ1n) is 12.7. The Hall–Kier alpha value is -4.39. The summed E-state index contributed by atoms with van der Waals surface area (Å²) < 4.78 is 5.86. The van der Waals surface area contributed by atoms with E-state index in [-0.39, 0.29) is 25.3 Å². The van der Waals surface area contributed by atoms with Crippen molar-refractivity contribution in [2.24, 2.45) is 0 Å². The summed E-state index contributed by atoms with van der Waals surface area (Å²) in [5.41, 5.74) is 2.86. The summed E-state index contributed by atoms with van der Waals surface area (Å²) in [5, 5.41) is 22.3. The van der Waals surface area contributed by atoms with Crippen molar-refractivity contribution < 1.29 is 24.1 Å². The van der Waals surface area contributed by atoms with Crippen LogP contribution in [0.4, 0.5) is 5.82 Å². The average molecular weight is 538 g/mol. The summed E-state index contributed by atoms with van der Waals surface area (Å²) in [5.74, 6) is -2.25. The Balaban J connectivity index is 1.45. The Labute approximate surface area is 224 Å². The van der Waals surface area contributed by atoms with Crippen LogP contribution in [-0.2, 0) is 33.9 Å². The molecule has 1 amide bonds. The molecule has 0 spiro atoms. The van der Waals surface area contributed by atoms with E-state index in [1.54, 1.807) is 13.8 Å². The smallest absolute Gasteiger partial charge is 0.305 e. The van der Waals surface area contributed by atoms with Crippen LogP contribution >= 0.6 is 0 Å². The summed E-state index contributed by atoms with van der Waals surface area (Å²) in [6, 6.07) is 5.76. The highest BCUT2D eigenvalue weighted by atomic mass is 16.6. The first-order chi connectivity index (χ1) is 18.8. The number of anilines is 1. The molecular weight excluding hydrogens is 506 g/mol. The number of nitrogens with zero attached hydrogens (tertiary/aromatic N) is 5. The molecule has 206 valence electrons. The third-order valence-electron chi connectivity index (χ3n) is 6.74. The first-order valence-corrected chi connectivity index (χ1v) is 12.7. The molecule has 0 radical (unpaired) electrons. The van der Waals surface area contributed by atoms with Crippen molar-refractivity contribution in [3.8, 4) is 0 Å². The minimum Gasteiger partial charge on any atom is -0.481 e. The van der Waals surface area contributed by atoms with E-state index in [0.29, 0.717) is 24.5 Å². The number of aryl methyl sites for hydroxylation is 1. The summed E-state index contributed by atoms with van der Waals surface area (Å²) in [6.07, 6.45) is 3.20. The third-order valence-corrected chi connectivity index (χ3v) is 6.74. The Morgan fingerprint density at radius 1 is 1.18 bits per heavy atom. The Morgan fingerprint density at radius 3 is 2.64 bits per heavy atom. The minimum absolute atomic E-state index is 0.00292. The number of aliphatic carboxylic acids is 1. The van der Waals surface area contributed by atoms with Crippen molar-refractivity contribution in [2.45, 2.75) is 58.3 Å². The van der Waals surface area contributed by atoms with Crippen LogP contribution in [0, 0.1) is 6.92 Å². The van der Waals surface area contributed by atoms with Crippen LogP contribution in [0.5, 0.6) is 0 Å². The largest absolute Gasteiger partial charge is 0.481 e. The maximum absolute atomic E-state index is 13.3. The van der Waals surface area contributed by atoms with Gasteiger partial charge < -0.3 is 15.7 Å². The number of ketones is 1. The predicted octanol–water partition coefficient (Wildman–Crippen LogP) is 1.08. The number of hydrogen-bond acceptors (Lipinski definition) is 10. The maximum Gasteiger partial charge on any atom is 0.305 e. The van der Waals surface area contributed by atoms with Gasteiger partial charge in [0.1, 0.15) is 17.4 Å². The quantitative estimate of drug-likeness (QED) is 0.302.